The number of hydrogen-bond acceptors (Lipinski definition) is 4. The summed E-state index contributed by atoms with van der Waals surface area (Å²) in [4.78, 5) is 21.9. The van der Waals surface area contributed by atoms with Crippen LogP contribution in [0.5, 0.6) is 5.75 Å². The Kier molecular flexibility index (Phi) is 5.28. The Morgan fingerprint density at radius 2 is 1.96 bits per heavy atom. The highest BCUT2D eigenvalue weighted by atomic mass is 79.9. The van der Waals surface area contributed by atoms with Crippen LogP contribution in [0.3, 0.4) is 0 Å². The monoisotopic (exact) mass is 382 g/mol. The van der Waals surface area contributed by atoms with Crippen LogP contribution < -0.4 is 10.1 Å². The van der Waals surface area contributed by atoms with Crippen LogP contribution in [0.15, 0.2) is 46.9 Å². The van der Waals surface area contributed by atoms with Gasteiger partial charge in [0.1, 0.15) is 5.75 Å². The van der Waals surface area contributed by atoms with E-state index in [1.54, 1.807) is 24.3 Å². The van der Waals surface area contributed by atoms with Crippen LogP contribution in [0.25, 0.3) is 0 Å². The maximum Gasteiger partial charge on any atom is 0.306 e. The van der Waals surface area contributed by atoms with Crippen LogP contribution in [-0.2, 0) is 4.79 Å². The molecule has 120 valence electrons. The molecule has 1 N–H and O–H groups in total. The summed E-state index contributed by atoms with van der Waals surface area (Å²) in [6.07, 6.45) is -0.833. The summed E-state index contributed by atoms with van der Waals surface area (Å²) >= 11 is 3.29. The van der Waals surface area contributed by atoms with Gasteiger partial charge in [-0.2, -0.15) is 4.39 Å². The molecule has 8 heteroatoms. The van der Waals surface area contributed by atoms with Crippen LogP contribution in [-0.4, -0.2) is 16.9 Å². The Morgan fingerprint density at radius 3 is 2.57 bits per heavy atom. The van der Waals surface area contributed by atoms with Gasteiger partial charge in [0.05, 0.1) is 4.92 Å². The first-order valence-corrected chi connectivity index (χ1v) is 7.33. The fourth-order valence-corrected chi connectivity index (χ4v) is 2.01. The van der Waals surface area contributed by atoms with Crippen molar-refractivity contribution in [2.45, 2.75) is 13.0 Å². The number of halogens is 2. The second-order valence-electron chi connectivity index (χ2n) is 4.63. The number of nitrogens with one attached hydrogen (secondary N) is 1. The van der Waals surface area contributed by atoms with E-state index in [0.717, 1.165) is 16.6 Å². The number of carbonyl (C=O) groups is 1. The first-order valence-electron chi connectivity index (χ1n) is 6.54. The topological polar surface area (TPSA) is 81.5 Å². The molecule has 0 fully saturated rings. The van der Waals surface area contributed by atoms with Crippen molar-refractivity contribution in [3.05, 3.63) is 62.9 Å². The minimum Gasteiger partial charge on any atom is -0.481 e. The van der Waals surface area contributed by atoms with Gasteiger partial charge in [-0.3, -0.25) is 14.9 Å². The molecule has 0 heterocycles. The number of anilines is 1. The first kappa shape index (κ1) is 16.9. The largest absolute Gasteiger partial charge is 0.481 e. The van der Waals surface area contributed by atoms with Gasteiger partial charge in [0.15, 0.2) is 6.10 Å². The van der Waals surface area contributed by atoms with Gasteiger partial charge in [-0.25, -0.2) is 0 Å². The van der Waals surface area contributed by atoms with Gasteiger partial charge < -0.3 is 10.1 Å². The first-order chi connectivity index (χ1) is 10.9. The Bertz CT molecular complexity index is 737. The Balaban J connectivity index is 2.04. The van der Waals surface area contributed by atoms with Crippen molar-refractivity contribution in [1.82, 2.24) is 0 Å². The van der Waals surface area contributed by atoms with Gasteiger partial charge in [0.2, 0.25) is 5.82 Å². The highest BCUT2D eigenvalue weighted by molar-refractivity contribution is 9.10. The summed E-state index contributed by atoms with van der Waals surface area (Å²) in [6.45, 7) is 1.54. The molecule has 0 aliphatic heterocycles. The number of ether oxygens (including phenoxy) is 1. The molecule has 2 aromatic carbocycles. The minimum atomic E-state index is -0.966. The molecule has 2 aromatic rings. The van der Waals surface area contributed by atoms with Crippen molar-refractivity contribution < 1.29 is 18.8 Å². The molecule has 0 spiro atoms. The number of rotatable bonds is 5. The van der Waals surface area contributed by atoms with Crippen LogP contribution in [0.1, 0.15) is 6.92 Å². The van der Waals surface area contributed by atoms with Gasteiger partial charge >= 0.3 is 5.69 Å². The maximum atomic E-state index is 13.3. The third kappa shape index (κ3) is 4.49. The highest BCUT2D eigenvalue weighted by Gasteiger charge is 2.18. The van der Waals surface area contributed by atoms with E-state index in [0.29, 0.717) is 5.75 Å². The Labute approximate surface area is 139 Å². The quantitative estimate of drug-likeness (QED) is 0.627. The van der Waals surface area contributed by atoms with E-state index >= 15 is 0 Å². The zero-order valence-corrected chi connectivity index (χ0v) is 13.5. The predicted molar refractivity (Wildman–Crippen MR) is 85.9 cm³/mol. The van der Waals surface area contributed by atoms with E-state index in [1.165, 1.54) is 13.0 Å². The van der Waals surface area contributed by atoms with E-state index in [4.69, 9.17) is 4.74 Å². The lowest BCUT2D eigenvalue weighted by molar-refractivity contribution is -0.387. The number of hydrogen-bond donors (Lipinski definition) is 1. The van der Waals surface area contributed by atoms with Crippen molar-refractivity contribution in [2.24, 2.45) is 0 Å². The SMILES string of the molecule is C[C@@H](Oc1ccc(Br)cc1)C(=O)Nc1ccc(F)c([N+](=O)[O-])c1. The van der Waals surface area contributed by atoms with Crippen LogP contribution >= 0.6 is 15.9 Å². The summed E-state index contributed by atoms with van der Waals surface area (Å²) < 4.78 is 19.6. The summed E-state index contributed by atoms with van der Waals surface area (Å²) in [7, 11) is 0. The lowest BCUT2D eigenvalue weighted by Crippen LogP contribution is -2.30. The molecule has 0 aliphatic carbocycles. The van der Waals surface area contributed by atoms with Crippen molar-refractivity contribution in [1.29, 1.82) is 0 Å². The molecule has 1 atom stereocenters. The lowest BCUT2D eigenvalue weighted by atomic mass is 10.2. The molecule has 0 saturated heterocycles. The van der Waals surface area contributed by atoms with Crippen molar-refractivity contribution in [3.8, 4) is 5.75 Å². The molecule has 2 rings (SSSR count). The number of nitro benzene ring substituents is 1. The number of nitrogens with zero attached hydrogens (tertiary/aromatic N) is 1. The number of carbonyl (C=O) groups excluding carboxylic acids is 1. The molecule has 0 aromatic heterocycles. The third-order valence-corrected chi connectivity index (χ3v) is 3.43. The van der Waals surface area contributed by atoms with E-state index < -0.39 is 28.4 Å². The molecule has 23 heavy (non-hydrogen) atoms. The molecular formula is C15H12BrFN2O4. The molecule has 0 aliphatic rings. The average molecular weight is 383 g/mol. The van der Waals surface area contributed by atoms with Gasteiger partial charge in [-0.1, -0.05) is 15.9 Å². The summed E-state index contributed by atoms with van der Waals surface area (Å²) in [6, 6.07) is 10.0. The summed E-state index contributed by atoms with van der Waals surface area (Å²) in [5.41, 5.74) is -0.585. The zero-order chi connectivity index (χ0) is 17.0. The fourth-order valence-electron chi connectivity index (χ4n) is 1.75. The second-order valence-corrected chi connectivity index (χ2v) is 5.54. The number of nitro groups is 1. The predicted octanol–water partition coefficient (Wildman–Crippen LogP) is 3.90. The Hall–Kier alpha value is -2.48. The van der Waals surface area contributed by atoms with Crippen molar-refractivity contribution in [2.75, 3.05) is 5.32 Å². The molecule has 0 unspecified atom stereocenters. The second kappa shape index (κ2) is 7.19. The molecule has 0 saturated carbocycles. The van der Waals surface area contributed by atoms with Crippen molar-refractivity contribution >= 4 is 33.2 Å². The minimum absolute atomic E-state index is 0.120. The van der Waals surface area contributed by atoms with Gasteiger partial charge in [0, 0.05) is 16.2 Å². The van der Waals surface area contributed by atoms with Crippen LogP contribution in [0, 0.1) is 15.9 Å². The van der Waals surface area contributed by atoms with E-state index in [-0.39, 0.29) is 5.69 Å². The molecular weight excluding hydrogens is 371 g/mol. The smallest absolute Gasteiger partial charge is 0.306 e. The van der Waals surface area contributed by atoms with Crippen LogP contribution in [0.2, 0.25) is 0 Å². The van der Waals surface area contributed by atoms with E-state index in [1.807, 2.05) is 0 Å². The Morgan fingerprint density at radius 1 is 1.30 bits per heavy atom. The van der Waals surface area contributed by atoms with E-state index in [2.05, 4.69) is 21.2 Å². The van der Waals surface area contributed by atoms with Crippen LogP contribution in [0.4, 0.5) is 15.8 Å². The molecule has 0 radical (unpaired) electrons. The average Bonchev–Trinajstić information content (AvgIpc) is 2.51. The van der Waals surface area contributed by atoms with Gasteiger partial charge in [-0.15, -0.1) is 0 Å². The fraction of sp³-hybridized carbons (Fsp3) is 0.133. The van der Waals surface area contributed by atoms with Crippen molar-refractivity contribution in [3.63, 3.8) is 0 Å². The molecule has 6 nitrogen and oxygen atoms in total. The molecule has 1 amide bonds. The van der Waals surface area contributed by atoms with Gasteiger partial charge in [0.25, 0.3) is 5.91 Å². The highest BCUT2D eigenvalue weighted by Crippen LogP contribution is 2.22. The summed E-state index contributed by atoms with van der Waals surface area (Å²) in [5.74, 6) is -0.970. The molecule has 0 bridgehead atoms. The zero-order valence-electron chi connectivity index (χ0n) is 12.0. The normalized spacial score (nSPS) is 11.6. The maximum absolute atomic E-state index is 13.3. The lowest BCUT2D eigenvalue weighted by Gasteiger charge is -2.14. The van der Waals surface area contributed by atoms with Gasteiger partial charge in [-0.05, 0) is 43.3 Å². The standard InChI is InChI=1S/C15H12BrFN2O4/c1-9(23-12-5-2-10(16)3-6-12)15(20)18-11-4-7-13(17)14(8-11)19(21)22/h2-9H,1H3,(H,18,20)/t9-/m1/s1. The number of benzene rings is 2. The van der Waals surface area contributed by atoms with E-state index in [9.17, 15) is 19.3 Å². The third-order valence-electron chi connectivity index (χ3n) is 2.91. The number of amides is 1. The summed E-state index contributed by atoms with van der Waals surface area (Å²) in [5, 5.41) is 13.1.